The van der Waals surface area contributed by atoms with E-state index in [1.165, 1.54) is 0 Å². The van der Waals surface area contributed by atoms with E-state index >= 15 is 0 Å². The number of primary amides is 1. The lowest BCUT2D eigenvalue weighted by Crippen LogP contribution is -2.35. The number of fused-ring (bicyclic) bond motifs is 1. The molecule has 0 radical (unpaired) electrons. The standard InChI is InChI=1S/C24H26N4O2/c1-30-23-5-2-17(16-25)14-19(23)6-10-27-11-8-21(9-12-27)28-13-7-18-3-4-20(24(26)29)15-22(18)28/h2-5,7,13-15,21H,6,8-12H2,1H3,(H2,26,29). The van der Waals surface area contributed by atoms with Gasteiger partial charge in [-0.15, -0.1) is 0 Å². The molecule has 2 aromatic carbocycles. The van der Waals surface area contributed by atoms with Crippen molar-refractivity contribution in [3.05, 3.63) is 65.4 Å². The van der Waals surface area contributed by atoms with Crippen LogP contribution in [0.1, 0.15) is 40.4 Å². The van der Waals surface area contributed by atoms with Crippen LogP contribution in [0.2, 0.25) is 0 Å². The first-order valence-electron chi connectivity index (χ1n) is 10.3. The summed E-state index contributed by atoms with van der Waals surface area (Å²) in [4.78, 5) is 14.0. The van der Waals surface area contributed by atoms with Crippen molar-refractivity contribution in [2.75, 3.05) is 26.7 Å². The Bertz CT molecular complexity index is 1100. The summed E-state index contributed by atoms with van der Waals surface area (Å²) in [7, 11) is 1.67. The average molecular weight is 402 g/mol. The fourth-order valence-electron chi connectivity index (χ4n) is 4.36. The summed E-state index contributed by atoms with van der Waals surface area (Å²) < 4.78 is 7.74. The highest BCUT2D eigenvalue weighted by Gasteiger charge is 2.22. The van der Waals surface area contributed by atoms with Crippen LogP contribution in [-0.2, 0) is 6.42 Å². The van der Waals surface area contributed by atoms with Crippen LogP contribution in [0.4, 0.5) is 0 Å². The van der Waals surface area contributed by atoms with Crippen LogP contribution in [0, 0.1) is 11.3 Å². The highest BCUT2D eigenvalue weighted by molar-refractivity contribution is 5.97. The van der Waals surface area contributed by atoms with Crippen molar-refractivity contribution in [1.82, 2.24) is 9.47 Å². The van der Waals surface area contributed by atoms with E-state index in [4.69, 9.17) is 15.7 Å². The Morgan fingerprint density at radius 3 is 2.70 bits per heavy atom. The summed E-state index contributed by atoms with van der Waals surface area (Å²) in [6, 6.07) is 16.0. The highest BCUT2D eigenvalue weighted by atomic mass is 16.5. The van der Waals surface area contributed by atoms with E-state index in [9.17, 15) is 4.79 Å². The number of nitrogens with zero attached hydrogens (tertiary/aromatic N) is 3. The van der Waals surface area contributed by atoms with E-state index in [2.05, 4.69) is 27.8 Å². The number of rotatable bonds is 6. The van der Waals surface area contributed by atoms with Crippen molar-refractivity contribution >= 4 is 16.8 Å². The summed E-state index contributed by atoms with van der Waals surface area (Å²) in [6.07, 6.45) is 5.09. The molecular formula is C24H26N4O2. The zero-order chi connectivity index (χ0) is 21.1. The molecule has 1 amide bonds. The first-order chi connectivity index (χ1) is 14.6. The third kappa shape index (κ3) is 4.03. The van der Waals surface area contributed by atoms with Crippen molar-refractivity contribution < 1.29 is 9.53 Å². The molecule has 1 aliphatic heterocycles. The van der Waals surface area contributed by atoms with Crippen molar-refractivity contribution in [2.24, 2.45) is 5.73 Å². The largest absolute Gasteiger partial charge is 0.496 e. The monoisotopic (exact) mass is 402 g/mol. The summed E-state index contributed by atoms with van der Waals surface area (Å²) in [5, 5.41) is 10.3. The normalized spacial score (nSPS) is 15.2. The second-order valence-electron chi connectivity index (χ2n) is 7.82. The van der Waals surface area contributed by atoms with Gasteiger partial charge in [0.25, 0.3) is 0 Å². The zero-order valence-electron chi connectivity index (χ0n) is 17.2. The van der Waals surface area contributed by atoms with E-state index in [1.807, 2.05) is 24.3 Å². The third-order valence-corrected chi connectivity index (χ3v) is 6.07. The van der Waals surface area contributed by atoms with Gasteiger partial charge in [0.15, 0.2) is 0 Å². The predicted molar refractivity (Wildman–Crippen MR) is 117 cm³/mol. The third-order valence-electron chi connectivity index (χ3n) is 6.07. The van der Waals surface area contributed by atoms with Gasteiger partial charge in [0.1, 0.15) is 5.75 Å². The summed E-state index contributed by atoms with van der Waals surface area (Å²) >= 11 is 0. The Balaban J connectivity index is 1.40. The molecule has 1 saturated heterocycles. The van der Waals surface area contributed by atoms with Crippen molar-refractivity contribution in [2.45, 2.75) is 25.3 Å². The molecule has 154 valence electrons. The Kier molecular flexibility index (Phi) is 5.73. The van der Waals surface area contributed by atoms with Gasteiger partial charge in [-0.2, -0.15) is 5.26 Å². The number of likely N-dealkylation sites (tertiary alicyclic amines) is 1. The van der Waals surface area contributed by atoms with Crippen LogP contribution >= 0.6 is 0 Å². The Morgan fingerprint density at radius 1 is 1.20 bits per heavy atom. The predicted octanol–water partition coefficient (Wildman–Crippen LogP) is 3.50. The number of methoxy groups -OCH3 is 1. The number of nitrogens with two attached hydrogens (primary N) is 1. The lowest BCUT2D eigenvalue weighted by Gasteiger charge is -2.33. The van der Waals surface area contributed by atoms with Crippen molar-refractivity contribution in [1.29, 1.82) is 5.26 Å². The van der Waals surface area contributed by atoms with Gasteiger partial charge in [-0.05, 0) is 66.6 Å². The molecule has 1 aliphatic rings. The zero-order valence-corrected chi connectivity index (χ0v) is 17.2. The SMILES string of the molecule is COc1ccc(C#N)cc1CCN1CCC(n2ccc3ccc(C(N)=O)cc32)CC1. The van der Waals surface area contributed by atoms with Gasteiger partial charge in [-0.3, -0.25) is 4.79 Å². The molecule has 2 heterocycles. The maximum absolute atomic E-state index is 11.6. The molecule has 0 spiro atoms. The quantitative estimate of drug-likeness (QED) is 0.684. The fourth-order valence-corrected chi connectivity index (χ4v) is 4.36. The minimum atomic E-state index is -0.393. The number of hydrogen-bond donors (Lipinski definition) is 1. The van der Waals surface area contributed by atoms with Gasteiger partial charge >= 0.3 is 0 Å². The molecule has 3 aromatic rings. The number of nitriles is 1. The van der Waals surface area contributed by atoms with Crippen LogP contribution < -0.4 is 10.5 Å². The smallest absolute Gasteiger partial charge is 0.248 e. The van der Waals surface area contributed by atoms with E-state index < -0.39 is 5.91 Å². The molecule has 6 heteroatoms. The molecule has 1 fully saturated rings. The van der Waals surface area contributed by atoms with Crippen LogP contribution in [-0.4, -0.2) is 42.1 Å². The van der Waals surface area contributed by atoms with Crippen molar-refractivity contribution in [3.8, 4) is 11.8 Å². The fraction of sp³-hybridized carbons (Fsp3) is 0.333. The molecule has 30 heavy (non-hydrogen) atoms. The Hall–Kier alpha value is -3.30. The number of carbonyl (C=O) groups excluding carboxylic acids is 1. The van der Waals surface area contributed by atoms with Gasteiger partial charge < -0.3 is 19.9 Å². The molecule has 0 aliphatic carbocycles. The number of ether oxygens (including phenoxy) is 1. The topological polar surface area (TPSA) is 84.3 Å². The molecule has 0 bridgehead atoms. The van der Waals surface area contributed by atoms with Gasteiger partial charge in [0, 0.05) is 43.0 Å². The maximum atomic E-state index is 11.6. The Morgan fingerprint density at radius 2 is 2.00 bits per heavy atom. The molecule has 6 nitrogen and oxygen atoms in total. The lowest BCUT2D eigenvalue weighted by atomic mass is 10.0. The van der Waals surface area contributed by atoms with E-state index in [-0.39, 0.29) is 0 Å². The minimum absolute atomic E-state index is 0.393. The van der Waals surface area contributed by atoms with E-state index in [0.29, 0.717) is 17.2 Å². The molecular weight excluding hydrogens is 376 g/mol. The molecule has 4 rings (SSSR count). The first-order valence-corrected chi connectivity index (χ1v) is 10.3. The summed E-state index contributed by atoms with van der Waals surface area (Å²) in [6.45, 7) is 2.97. The summed E-state index contributed by atoms with van der Waals surface area (Å²) in [5.41, 5.74) is 8.82. The van der Waals surface area contributed by atoms with E-state index in [1.54, 1.807) is 19.2 Å². The summed E-state index contributed by atoms with van der Waals surface area (Å²) in [5.74, 6) is 0.448. The number of amides is 1. The molecule has 1 aromatic heterocycles. The van der Waals surface area contributed by atoms with Gasteiger partial charge in [0.2, 0.25) is 5.91 Å². The molecule has 0 atom stereocenters. The van der Waals surface area contributed by atoms with E-state index in [0.717, 1.165) is 61.1 Å². The minimum Gasteiger partial charge on any atom is -0.496 e. The van der Waals surface area contributed by atoms with Gasteiger partial charge in [0.05, 0.1) is 18.7 Å². The van der Waals surface area contributed by atoms with Crippen LogP contribution in [0.3, 0.4) is 0 Å². The van der Waals surface area contributed by atoms with Crippen LogP contribution in [0.15, 0.2) is 48.7 Å². The van der Waals surface area contributed by atoms with Crippen LogP contribution in [0.25, 0.3) is 10.9 Å². The number of aromatic nitrogens is 1. The maximum Gasteiger partial charge on any atom is 0.248 e. The second-order valence-corrected chi connectivity index (χ2v) is 7.82. The molecule has 2 N–H and O–H groups in total. The molecule has 0 unspecified atom stereocenters. The Labute approximate surface area is 176 Å². The van der Waals surface area contributed by atoms with Gasteiger partial charge in [-0.1, -0.05) is 6.07 Å². The lowest BCUT2D eigenvalue weighted by molar-refractivity contribution is 0.100. The number of piperidine rings is 1. The number of benzene rings is 2. The second kappa shape index (κ2) is 8.60. The van der Waals surface area contributed by atoms with Crippen LogP contribution in [0.5, 0.6) is 5.75 Å². The number of hydrogen-bond acceptors (Lipinski definition) is 4. The molecule has 0 saturated carbocycles. The van der Waals surface area contributed by atoms with Crippen molar-refractivity contribution in [3.63, 3.8) is 0 Å². The number of carbonyl (C=O) groups is 1. The first kappa shape index (κ1) is 20.0. The van der Waals surface area contributed by atoms with Gasteiger partial charge in [-0.25, -0.2) is 0 Å². The average Bonchev–Trinajstić information content (AvgIpc) is 3.21. The highest BCUT2D eigenvalue weighted by Crippen LogP contribution is 2.29.